The standard InChI is InChI=1S/C32H40N2O5/c1-4-5-20-33-32(36)30(23-25-11-7-6-8-12-25)34(24-26-13-9-14-29(22-26)38-3)31(35)15-10-21-39-28-18-16-27(37-2)17-19-28/h6-9,11-14,16-19,22,30H,4-5,10,15,20-21,23-24H2,1-3H3,(H,33,36)/t30-/m1/s1. The van der Waals surface area contributed by atoms with Crippen molar-refractivity contribution in [3.05, 3.63) is 90.0 Å². The summed E-state index contributed by atoms with van der Waals surface area (Å²) >= 11 is 0. The van der Waals surface area contributed by atoms with E-state index >= 15 is 0 Å². The molecule has 0 unspecified atom stereocenters. The van der Waals surface area contributed by atoms with E-state index in [-0.39, 0.29) is 18.2 Å². The highest BCUT2D eigenvalue weighted by Crippen LogP contribution is 2.20. The number of carbonyl (C=O) groups excluding carboxylic acids is 2. The van der Waals surface area contributed by atoms with Gasteiger partial charge in [-0.15, -0.1) is 0 Å². The highest BCUT2D eigenvalue weighted by atomic mass is 16.5. The molecular weight excluding hydrogens is 492 g/mol. The third-order valence-electron chi connectivity index (χ3n) is 6.45. The quantitative estimate of drug-likeness (QED) is 0.249. The lowest BCUT2D eigenvalue weighted by Gasteiger charge is -2.32. The number of benzene rings is 3. The molecule has 0 aliphatic rings. The molecule has 7 heteroatoms. The Hall–Kier alpha value is -4.00. The summed E-state index contributed by atoms with van der Waals surface area (Å²) in [4.78, 5) is 28.9. The first-order valence-corrected chi connectivity index (χ1v) is 13.5. The van der Waals surface area contributed by atoms with E-state index in [2.05, 4.69) is 12.2 Å². The molecule has 3 rings (SSSR count). The topological polar surface area (TPSA) is 77.1 Å². The van der Waals surface area contributed by atoms with Crippen molar-refractivity contribution in [2.45, 2.75) is 51.6 Å². The van der Waals surface area contributed by atoms with E-state index in [9.17, 15) is 9.59 Å². The summed E-state index contributed by atoms with van der Waals surface area (Å²) in [5.74, 6) is 1.95. The predicted molar refractivity (Wildman–Crippen MR) is 153 cm³/mol. The first kappa shape index (κ1) is 29.6. The van der Waals surface area contributed by atoms with Crippen molar-refractivity contribution in [3.8, 4) is 17.2 Å². The maximum Gasteiger partial charge on any atom is 0.243 e. The van der Waals surface area contributed by atoms with Crippen LogP contribution in [0.1, 0.15) is 43.7 Å². The molecule has 0 fully saturated rings. The van der Waals surface area contributed by atoms with Crippen LogP contribution in [-0.2, 0) is 22.6 Å². The zero-order valence-electron chi connectivity index (χ0n) is 23.2. The first-order chi connectivity index (χ1) is 19.0. The van der Waals surface area contributed by atoms with Gasteiger partial charge in [0.25, 0.3) is 0 Å². The van der Waals surface area contributed by atoms with Gasteiger partial charge in [-0.05, 0) is 60.4 Å². The third kappa shape index (κ3) is 9.67. The van der Waals surface area contributed by atoms with Crippen molar-refractivity contribution in [3.63, 3.8) is 0 Å². The Morgan fingerprint density at radius 1 is 0.821 bits per heavy atom. The second kappa shape index (κ2) is 16.1. The molecule has 0 aliphatic heterocycles. The zero-order chi connectivity index (χ0) is 27.9. The average molecular weight is 533 g/mol. The Balaban J connectivity index is 1.77. The second-order valence-electron chi connectivity index (χ2n) is 9.35. The molecule has 0 aliphatic carbocycles. The van der Waals surface area contributed by atoms with Gasteiger partial charge in [-0.25, -0.2) is 0 Å². The summed E-state index contributed by atoms with van der Waals surface area (Å²) < 4.78 is 16.4. The number of methoxy groups -OCH3 is 2. The number of carbonyl (C=O) groups is 2. The minimum absolute atomic E-state index is 0.0947. The van der Waals surface area contributed by atoms with Crippen LogP contribution in [-0.4, -0.2) is 50.1 Å². The van der Waals surface area contributed by atoms with Crippen molar-refractivity contribution >= 4 is 11.8 Å². The summed E-state index contributed by atoms with van der Waals surface area (Å²) in [5.41, 5.74) is 1.90. The van der Waals surface area contributed by atoms with Crippen LogP contribution < -0.4 is 19.5 Å². The minimum Gasteiger partial charge on any atom is -0.497 e. The highest BCUT2D eigenvalue weighted by Gasteiger charge is 2.30. The Labute approximate surface area is 232 Å². The fourth-order valence-corrected chi connectivity index (χ4v) is 4.26. The number of nitrogens with zero attached hydrogens (tertiary/aromatic N) is 1. The van der Waals surface area contributed by atoms with Crippen molar-refractivity contribution < 1.29 is 23.8 Å². The van der Waals surface area contributed by atoms with E-state index in [0.29, 0.717) is 44.0 Å². The fourth-order valence-electron chi connectivity index (χ4n) is 4.26. The molecule has 0 aromatic heterocycles. The van der Waals surface area contributed by atoms with E-state index < -0.39 is 6.04 Å². The molecule has 0 heterocycles. The van der Waals surface area contributed by atoms with Gasteiger partial charge in [0.15, 0.2) is 0 Å². The fraction of sp³-hybridized carbons (Fsp3) is 0.375. The summed E-state index contributed by atoms with van der Waals surface area (Å²) in [5, 5.41) is 3.05. The smallest absolute Gasteiger partial charge is 0.243 e. The molecule has 3 aromatic rings. The van der Waals surface area contributed by atoms with E-state index in [1.165, 1.54) is 0 Å². The number of hydrogen-bond donors (Lipinski definition) is 1. The van der Waals surface area contributed by atoms with Gasteiger partial charge in [-0.1, -0.05) is 55.8 Å². The van der Waals surface area contributed by atoms with Crippen molar-refractivity contribution in [2.24, 2.45) is 0 Å². The largest absolute Gasteiger partial charge is 0.497 e. The molecule has 0 saturated heterocycles. The Kier molecular flexibility index (Phi) is 12.2. The monoisotopic (exact) mass is 532 g/mol. The van der Waals surface area contributed by atoms with Gasteiger partial charge in [-0.2, -0.15) is 0 Å². The van der Waals surface area contributed by atoms with E-state index in [0.717, 1.165) is 29.7 Å². The maximum absolute atomic E-state index is 13.7. The van der Waals surface area contributed by atoms with Gasteiger partial charge in [0, 0.05) is 25.9 Å². The number of nitrogens with one attached hydrogen (secondary N) is 1. The molecular formula is C32H40N2O5. The third-order valence-corrected chi connectivity index (χ3v) is 6.45. The van der Waals surface area contributed by atoms with Crippen molar-refractivity contribution in [2.75, 3.05) is 27.4 Å². The van der Waals surface area contributed by atoms with Gasteiger partial charge in [0.2, 0.25) is 11.8 Å². The van der Waals surface area contributed by atoms with Crippen LogP contribution in [0.25, 0.3) is 0 Å². The molecule has 0 radical (unpaired) electrons. The summed E-state index contributed by atoms with van der Waals surface area (Å²) in [6.45, 7) is 3.35. The second-order valence-corrected chi connectivity index (χ2v) is 9.35. The van der Waals surface area contributed by atoms with Crippen LogP contribution in [0.4, 0.5) is 0 Å². The molecule has 0 spiro atoms. The highest BCUT2D eigenvalue weighted by molar-refractivity contribution is 5.88. The number of ether oxygens (including phenoxy) is 3. The number of rotatable bonds is 16. The minimum atomic E-state index is -0.648. The maximum atomic E-state index is 13.7. The van der Waals surface area contributed by atoms with Crippen LogP contribution in [0.3, 0.4) is 0 Å². The Morgan fingerprint density at radius 3 is 2.21 bits per heavy atom. The molecule has 7 nitrogen and oxygen atoms in total. The Morgan fingerprint density at radius 2 is 1.51 bits per heavy atom. The van der Waals surface area contributed by atoms with Crippen LogP contribution in [0.15, 0.2) is 78.9 Å². The number of unbranched alkanes of at least 4 members (excludes halogenated alkanes) is 1. The molecule has 2 amide bonds. The normalized spacial score (nSPS) is 11.4. The Bertz CT molecular complexity index is 1150. The van der Waals surface area contributed by atoms with Crippen LogP contribution in [0.2, 0.25) is 0 Å². The average Bonchev–Trinajstić information content (AvgIpc) is 2.98. The van der Waals surface area contributed by atoms with E-state index in [1.54, 1.807) is 19.1 Å². The van der Waals surface area contributed by atoms with Crippen LogP contribution in [0, 0.1) is 0 Å². The van der Waals surface area contributed by atoms with Crippen molar-refractivity contribution in [1.82, 2.24) is 10.2 Å². The van der Waals surface area contributed by atoms with Gasteiger partial charge in [0.05, 0.1) is 20.8 Å². The van der Waals surface area contributed by atoms with E-state index in [4.69, 9.17) is 14.2 Å². The summed E-state index contributed by atoms with van der Waals surface area (Å²) in [7, 11) is 3.23. The SMILES string of the molecule is CCCCNC(=O)[C@@H](Cc1ccccc1)N(Cc1cccc(OC)c1)C(=O)CCCOc1ccc(OC)cc1. The van der Waals surface area contributed by atoms with E-state index in [1.807, 2.05) is 78.9 Å². The lowest BCUT2D eigenvalue weighted by atomic mass is 10.0. The molecule has 39 heavy (non-hydrogen) atoms. The number of hydrogen-bond acceptors (Lipinski definition) is 5. The lowest BCUT2D eigenvalue weighted by molar-refractivity contribution is -0.141. The number of amides is 2. The molecule has 1 atom stereocenters. The molecule has 208 valence electrons. The summed E-state index contributed by atoms with van der Waals surface area (Å²) in [6.07, 6.45) is 3.07. The molecule has 0 bridgehead atoms. The zero-order valence-corrected chi connectivity index (χ0v) is 23.2. The van der Waals surface area contributed by atoms with Crippen molar-refractivity contribution in [1.29, 1.82) is 0 Å². The van der Waals surface area contributed by atoms with Gasteiger partial charge in [-0.3, -0.25) is 9.59 Å². The van der Waals surface area contributed by atoms with Crippen LogP contribution in [0.5, 0.6) is 17.2 Å². The first-order valence-electron chi connectivity index (χ1n) is 13.5. The molecule has 1 N–H and O–H groups in total. The molecule has 3 aromatic carbocycles. The molecule has 0 saturated carbocycles. The lowest BCUT2D eigenvalue weighted by Crippen LogP contribution is -2.50. The summed E-state index contributed by atoms with van der Waals surface area (Å²) in [6, 6.07) is 24.1. The van der Waals surface area contributed by atoms with Gasteiger partial charge < -0.3 is 24.4 Å². The van der Waals surface area contributed by atoms with Gasteiger partial charge in [0.1, 0.15) is 23.3 Å². The van der Waals surface area contributed by atoms with Gasteiger partial charge >= 0.3 is 0 Å². The van der Waals surface area contributed by atoms with Crippen LogP contribution >= 0.6 is 0 Å². The predicted octanol–water partition coefficient (Wildman–Crippen LogP) is 5.42.